The van der Waals surface area contributed by atoms with Crippen molar-refractivity contribution in [2.45, 2.75) is 17.6 Å². The lowest BCUT2D eigenvalue weighted by Gasteiger charge is -2.07. The Hall–Kier alpha value is -2.02. The topological polar surface area (TPSA) is 70.1 Å². The molecular weight excluding hydrogens is 293 g/mol. The van der Waals surface area contributed by atoms with Crippen LogP contribution in [0.5, 0.6) is 0 Å². The summed E-state index contributed by atoms with van der Waals surface area (Å²) in [5.74, 6) is -0.385. The van der Waals surface area contributed by atoms with E-state index in [-0.39, 0.29) is 5.82 Å². The quantitative estimate of drug-likeness (QED) is 0.522. The monoisotopic (exact) mass is 309 g/mol. The molecule has 0 saturated carbocycles. The van der Waals surface area contributed by atoms with E-state index in [1.165, 1.54) is 24.0 Å². The van der Waals surface area contributed by atoms with E-state index in [1.807, 2.05) is 0 Å². The number of aryl methyl sites for hydroxylation is 1. The Morgan fingerprint density at radius 1 is 1.52 bits per heavy atom. The van der Waals surface area contributed by atoms with Gasteiger partial charge in [0.05, 0.1) is 18.5 Å². The third-order valence-electron chi connectivity index (χ3n) is 2.88. The maximum absolute atomic E-state index is 13.7. The molecule has 0 bridgehead atoms. The molecular formula is C14H16FN3O2S. The highest BCUT2D eigenvalue weighted by atomic mass is 32.2. The minimum absolute atomic E-state index is 0.299. The highest BCUT2D eigenvalue weighted by molar-refractivity contribution is 7.98. The van der Waals surface area contributed by atoms with Crippen LogP contribution in [0.1, 0.15) is 23.0 Å². The van der Waals surface area contributed by atoms with Gasteiger partial charge < -0.3 is 10.5 Å². The van der Waals surface area contributed by atoms with Crippen LogP contribution >= 0.6 is 11.8 Å². The lowest BCUT2D eigenvalue weighted by Crippen LogP contribution is -2.08. The minimum Gasteiger partial charge on any atom is -0.462 e. The molecule has 7 heteroatoms. The summed E-state index contributed by atoms with van der Waals surface area (Å²) < 4.78 is 20.3. The zero-order valence-electron chi connectivity index (χ0n) is 11.8. The number of carbonyl (C=O) groups excluding carboxylic acids is 1. The number of nitrogen functional groups attached to an aromatic ring is 1. The Labute approximate surface area is 126 Å². The van der Waals surface area contributed by atoms with Gasteiger partial charge in [0.1, 0.15) is 11.4 Å². The molecule has 0 amide bonds. The van der Waals surface area contributed by atoms with E-state index >= 15 is 0 Å². The van der Waals surface area contributed by atoms with Gasteiger partial charge in [-0.2, -0.15) is 5.10 Å². The summed E-state index contributed by atoms with van der Waals surface area (Å²) in [7, 11) is 1.73. The van der Waals surface area contributed by atoms with Crippen LogP contribution in [0.4, 0.5) is 10.1 Å². The Morgan fingerprint density at radius 2 is 2.29 bits per heavy atom. The van der Waals surface area contributed by atoms with Crippen molar-refractivity contribution in [3.8, 4) is 0 Å². The van der Waals surface area contributed by atoms with E-state index in [1.54, 1.807) is 30.8 Å². The summed E-state index contributed by atoms with van der Waals surface area (Å²) in [6, 6.07) is 4.54. The van der Waals surface area contributed by atoms with Gasteiger partial charge in [0.25, 0.3) is 0 Å². The van der Waals surface area contributed by atoms with Gasteiger partial charge in [-0.25, -0.2) is 9.18 Å². The summed E-state index contributed by atoms with van der Waals surface area (Å²) in [5.41, 5.74) is 6.99. The number of rotatable bonds is 5. The molecule has 2 N–H and O–H groups in total. The molecule has 2 rings (SSSR count). The van der Waals surface area contributed by atoms with Gasteiger partial charge in [-0.3, -0.25) is 4.68 Å². The maximum atomic E-state index is 13.7. The van der Waals surface area contributed by atoms with Crippen molar-refractivity contribution in [1.82, 2.24) is 9.78 Å². The normalized spacial score (nSPS) is 10.6. The van der Waals surface area contributed by atoms with E-state index < -0.39 is 5.97 Å². The smallest absolute Gasteiger partial charge is 0.341 e. The first-order valence-corrected chi connectivity index (χ1v) is 7.37. The summed E-state index contributed by atoms with van der Waals surface area (Å²) >= 11 is 1.28. The van der Waals surface area contributed by atoms with Crippen LogP contribution in [-0.4, -0.2) is 22.4 Å². The predicted molar refractivity (Wildman–Crippen MR) is 79.5 cm³/mol. The molecule has 1 aromatic carbocycles. The van der Waals surface area contributed by atoms with E-state index in [2.05, 4.69) is 5.10 Å². The van der Waals surface area contributed by atoms with Crippen molar-refractivity contribution in [3.05, 3.63) is 41.5 Å². The fourth-order valence-electron chi connectivity index (χ4n) is 1.79. The average Bonchev–Trinajstić information content (AvgIpc) is 2.79. The second-order valence-electron chi connectivity index (χ2n) is 4.33. The van der Waals surface area contributed by atoms with Crippen molar-refractivity contribution in [2.24, 2.45) is 7.05 Å². The molecule has 1 aromatic heterocycles. The number of aromatic nitrogens is 2. The molecule has 0 saturated heterocycles. The molecule has 0 atom stereocenters. The number of carbonyl (C=O) groups is 1. The summed E-state index contributed by atoms with van der Waals surface area (Å²) in [6.45, 7) is 2.04. The van der Waals surface area contributed by atoms with Gasteiger partial charge >= 0.3 is 5.97 Å². The van der Waals surface area contributed by atoms with Crippen LogP contribution in [0, 0.1) is 5.82 Å². The van der Waals surface area contributed by atoms with Gasteiger partial charge in [0, 0.05) is 23.4 Å². The van der Waals surface area contributed by atoms with E-state index in [9.17, 15) is 9.18 Å². The fourth-order valence-corrected chi connectivity index (χ4v) is 2.79. The number of hydrogen-bond acceptors (Lipinski definition) is 5. The summed E-state index contributed by atoms with van der Waals surface area (Å²) in [4.78, 5) is 12.3. The van der Waals surface area contributed by atoms with Crippen LogP contribution in [-0.2, 0) is 17.5 Å². The van der Waals surface area contributed by atoms with Crippen molar-refractivity contribution in [3.63, 3.8) is 0 Å². The first-order valence-electron chi connectivity index (χ1n) is 6.38. The van der Waals surface area contributed by atoms with Gasteiger partial charge in [-0.05, 0) is 25.1 Å². The zero-order chi connectivity index (χ0) is 15.4. The van der Waals surface area contributed by atoms with E-state index in [4.69, 9.17) is 10.5 Å². The lowest BCUT2D eigenvalue weighted by molar-refractivity contribution is 0.0525. The van der Waals surface area contributed by atoms with Gasteiger partial charge in [-0.1, -0.05) is 0 Å². The summed E-state index contributed by atoms with van der Waals surface area (Å²) in [6.07, 6.45) is 1.47. The van der Waals surface area contributed by atoms with Crippen molar-refractivity contribution in [2.75, 3.05) is 12.3 Å². The molecule has 112 valence electrons. The zero-order valence-corrected chi connectivity index (χ0v) is 12.6. The van der Waals surface area contributed by atoms with Crippen LogP contribution in [0.2, 0.25) is 0 Å². The number of benzene rings is 1. The number of esters is 1. The maximum Gasteiger partial charge on any atom is 0.341 e. The van der Waals surface area contributed by atoms with Crippen molar-refractivity contribution in [1.29, 1.82) is 0 Å². The Bertz CT molecular complexity index is 658. The molecule has 21 heavy (non-hydrogen) atoms. The third-order valence-corrected chi connectivity index (χ3v) is 3.94. The van der Waals surface area contributed by atoms with E-state index in [0.717, 1.165) is 0 Å². The molecule has 0 aliphatic rings. The Kier molecular flexibility index (Phi) is 4.85. The number of hydrogen-bond donors (Lipinski definition) is 1. The van der Waals surface area contributed by atoms with Crippen LogP contribution in [0.15, 0.2) is 29.3 Å². The number of nitrogens with zero attached hydrogens (tertiary/aromatic N) is 2. The van der Waals surface area contributed by atoms with E-state index in [0.29, 0.717) is 34.2 Å². The molecule has 2 aromatic rings. The van der Waals surface area contributed by atoms with Crippen LogP contribution in [0.25, 0.3) is 0 Å². The SMILES string of the molecule is CCOC(=O)c1cnn(C)c1CSc1ccc(N)cc1F. The number of nitrogens with two attached hydrogens (primary N) is 1. The van der Waals surface area contributed by atoms with Gasteiger partial charge in [0.15, 0.2) is 0 Å². The fraction of sp³-hybridized carbons (Fsp3) is 0.286. The average molecular weight is 309 g/mol. The second kappa shape index (κ2) is 6.62. The number of ether oxygens (including phenoxy) is 1. The molecule has 0 radical (unpaired) electrons. The first-order chi connectivity index (χ1) is 10.0. The van der Waals surface area contributed by atoms with Crippen molar-refractivity contribution < 1.29 is 13.9 Å². The number of anilines is 1. The molecule has 5 nitrogen and oxygen atoms in total. The second-order valence-corrected chi connectivity index (χ2v) is 5.34. The molecule has 1 heterocycles. The standard InChI is InChI=1S/C14H16FN3O2S/c1-3-20-14(19)10-7-17-18(2)12(10)8-21-13-5-4-9(16)6-11(13)15/h4-7H,3,8,16H2,1-2H3. The highest BCUT2D eigenvalue weighted by Gasteiger charge is 2.17. The van der Waals surface area contributed by atoms with Gasteiger partial charge in [0.2, 0.25) is 0 Å². The Balaban J connectivity index is 2.16. The lowest BCUT2D eigenvalue weighted by atomic mass is 10.3. The number of halogens is 1. The van der Waals surface area contributed by atoms with Gasteiger partial charge in [-0.15, -0.1) is 11.8 Å². The van der Waals surface area contributed by atoms with Crippen molar-refractivity contribution >= 4 is 23.4 Å². The molecule has 0 aliphatic heterocycles. The van der Waals surface area contributed by atoms with Crippen LogP contribution in [0.3, 0.4) is 0 Å². The minimum atomic E-state index is -0.418. The predicted octanol–water partition coefficient (Wildman–Crippen LogP) is 2.61. The first kappa shape index (κ1) is 15.4. The molecule has 0 aliphatic carbocycles. The third kappa shape index (κ3) is 3.55. The Morgan fingerprint density at radius 3 is 2.95 bits per heavy atom. The van der Waals surface area contributed by atoms with Crippen LogP contribution < -0.4 is 5.73 Å². The highest BCUT2D eigenvalue weighted by Crippen LogP contribution is 2.28. The molecule has 0 unspecified atom stereocenters. The summed E-state index contributed by atoms with van der Waals surface area (Å²) in [5, 5.41) is 4.06. The molecule has 0 fully saturated rings. The molecule has 0 spiro atoms. The number of thioether (sulfide) groups is 1. The largest absolute Gasteiger partial charge is 0.462 e.